The number of benzene rings is 2. The lowest BCUT2D eigenvalue weighted by Crippen LogP contribution is -2.19. The molecule has 0 spiro atoms. The molecule has 3 amide bonds. The van der Waals surface area contributed by atoms with Gasteiger partial charge in [-0.15, -0.1) is 0 Å². The maximum Gasteiger partial charge on any atom is 0.290 e. The highest BCUT2D eigenvalue weighted by molar-refractivity contribution is 8.18. The molecule has 0 saturated carbocycles. The molecule has 0 bridgehead atoms. The molecule has 3 aromatic rings. The van der Waals surface area contributed by atoms with Crippen LogP contribution in [0.5, 0.6) is 11.5 Å². The first-order chi connectivity index (χ1) is 15.0. The van der Waals surface area contributed by atoms with Crippen molar-refractivity contribution in [3.63, 3.8) is 0 Å². The van der Waals surface area contributed by atoms with Crippen molar-refractivity contribution in [1.29, 1.82) is 0 Å². The number of amides is 3. The highest BCUT2D eigenvalue weighted by Gasteiger charge is 2.26. The van der Waals surface area contributed by atoms with Crippen LogP contribution in [0.15, 0.2) is 47.4 Å². The standard InChI is InChI=1S/C22H17N3O5S/c1-12-15(9-19-21(27)24-22(28)31-19)14-4-2-3-5-16(14)25(12)10-20(26)23-13-6-7-17-18(8-13)30-11-29-17/h2-9H,10-11H2,1H3,(H,23,26)(H,24,27,28)/b19-9-. The zero-order chi connectivity index (χ0) is 21.5. The summed E-state index contributed by atoms with van der Waals surface area (Å²) in [5.74, 6) is 0.628. The summed E-state index contributed by atoms with van der Waals surface area (Å²) < 4.78 is 12.5. The van der Waals surface area contributed by atoms with Gasteiger partial charge < -0.3 is 19.4 Å². The van der Waals surface area contributed by atoms with Crippen molar-refractivity contribution in [3.8, 4) is 11.5 Å². The number of ether oxygens (including phenoxy) is 2. The number of thioether (sulfide) groups is 1. The van der Waals surface area contributed by atoms with Gasteiger partial charge in [-0.25, -0.2) is 0 Å². The van der Waals surface area contributed by atoms with E-state index in [9.17, 15) is 14.4 Å². The Labute approximate surface area is 181 Å². The molecule has 0 radical (unpaired) electrons. The van der Waals surface area contributed by atoms with Crippen LogP contribution in [0.2, 0.25) is 0 Å². The summed E-state index contributed by atoms with van der Waals surface area (Å²) >= 11 is 0.871. The van der Waals surface area contributed by atoms with Gasteiger partial charge >= 0.3 is 0 Å². The van der Waals surface area contributed by atoms with Gasteiger partial charge in [0, 0.05) is 33.9 Å². The summed E-state index contributed by atoms with van der Waals surface area (Å²) in [7, 11) is 0. The van der Waals surface area contributed by atoms with E-state index in [1.165, 1.54) is 0 Å². The minimum atomic E-state index is -0.410. The van der Waals surface area contributed by atoms with E-state index in [2.05, 4.69) is 10.6 Å². The fourth-order valence-electron chi connectivity index (χ4n) is 3.71. The van der Waals surface area contributed by atoms with Crippen molar-refractivity contribution in [2.75, 3.05) is 12.1 Å². The first kappa shape index (κ1) is 19.3. The number of hydrogen-bond acceptors (Lipinski definition) is 6. The minimum Gasteiger partial charge on any atom is -0.454 e. The summed E-state index contributed by atoms with van der Waals surface area (Å²) in [6.45, 7) is 2.14. The first-order valence-corrected chi connectivity index (χ1v) is 10.3. The third kappa shape index (κ3) is 3.53. The molecule has 31 heavy (non-hydrogen) atoms. The van der Waals surface area contributed by atoms with Gasteiger partial charge in [-0.3, -0.25) is 19.7 Å². The van der Waals surface area contributed by atoms with Crippen molar-refractivity contribution < 1.29 is 23.9 Å². The summed E-state index contributed by atoms with van der Waals surface area (Å²) in [5, 5.41) is 5.66. The number of hydrogen-bond donors (Lipinski definition) is 2. The summed E-state index contributed by atoms with van der Waals surface area (Å²) in [4.78, 5) is 36.6. The molecule has 5 rings (SSSR count). The summed E-state index contributed by atoms with van der Waals surface area (Å²) in [6, 6.07) is 12.9. The van der Waals surface area contributed by atoms with E-state index in [4.69, 9.17) is 9.47 Å². The third-order valence-electron chi connectivity index (χ3n) is 5.16. The smallest absolute Gasteiger partial charge is 0.290 e. The van der Waals surface area contributed by atoms with Gasteiger partial charge in [0.2, 0.25) is 12.7 Å². The van der Waals surface area contributed by atoms with Gasteiger partial charge in [-0.2, -0.15) is 0 Å². The highest BCUT2D eigenvalue weighted by atomic mass is 32.2. The maximum atomic E-state index is 12.8. The Hall–Kier alpha value is -3.72. The predicted molar refractivity (Wildman–Crippen MR) is 117 cm³/mol. The van der Waals surface area contributed by atoms with Crippen LogP contribution in [-0.2, 0) is 16.1 Å². The zero-order valence-electron chi connectivity index (χ0n) is 16.4. The topological polar surface area (TPSA) is 98.7 Å². The van der Waals surface area contributed by atoms with Gasteiger partial charge in [0.05, 0.1) is 4.91 Å². The lowest BCUT2D eigenvalue weighted by molar-refractivity contribution is -0.117. The highest BCUT2D eigenvalue weighted by Crippen LogP contribution is 2.35. The molecule has 1 saturated heterocycles. The summed E-state index contributed by atoms with van der Waals surface area (Å²) in [5.41, 5.74) is 3.10. The van der Waals surface area contributed by atoms with Crippen LogP contribution in [0, 0.1) is 6.92 Å². The number of para-hydroxylation sites is 1. The minimum absolute atomic E-state index is 0.0855. The van der Waals surface area contributed by atoms with Crippen LogP contribution in [0.1, 0.15) is 11.3 Å². The van der Waals surface area contributed by atoms with Gasteiger partial charge in [0.1, 0.15) is 6.54 Å². The Bertz CT molecular complexity index is 1290. The molecule has 2 aliphatic heterocycles. The lowest BCUT2D eigenvalue weighted by atomic mass is 10.1. The van der Waals surface area contributed by atoms with Crippen molar-refractivity contribution in [2.24, 2.45) is 0 Å². The lowest BCUT2D eigenvalue weighted by Gasteiger charge is -2.10. The quantitative estimate of drug-likeness (QED) is 0.607. The van der Waals surface area contributed by atoms with E-state index in [-0.39, 0.29) is 24.5 Å². The Kier molecular flexibility index (Phi) is 4.67. The van der Waals surface area contributed by atoms with Crippen LogP contribution in [0.4, 0.5) is 10.5 Å². The molecular weight excluding hydrogens is 418 g/mol. The average molecular weight is 435 g/mol. The Morgan fingerprint density at radius 3 is 2.81 bits per heavy atom. The number of rotatable bonds is 4. The maximum absolute atomic E-state index is 12.8. The molecule has 0 atom stereocenters. The van der Waals surface area contributed by atoms with Crippen molar-refractivity contribution in [3.05, 3.63) is 58.6 Å². The molecule has 8 nitrogen and oxygen atoms in total. The fourth-order valence-corrected chi connectivity index (χ4v) is 4.38. The Morgan fingerprint density at radius 1 is 1.19 bits per heavy atom. The molecule has 9 heteroatoms. The van der Waals surface area contributed by atoms with E-state index in [1.807, 2.05) is 35.8 Å². The number of nitrogens with one attached hydrogen (secondary N) is 2. The molecule has 0 aliphatic carbocycles. The largest absolute Gasteiger partial charge is 0.454 e. The van der Waals surface area contributed by atoms with Crippen LogP contribution in [0.25, 0.3) is 17.0 Å². The normalized spacial score (nSPS) is 16.2. The molecule has 2 N–H and O–H groups in total. The van der Waals surface area contributed by atoms with Gasteiger partial charge in [0.25, 0.3) is 11.1 Å². The fraction of sp³-hybridized carbons (Fsp3) is 0.136. The first-order valence-electron chi connectivity index (χ1n) is 9.52. The van der Waals surface area contributed by atoms with Crippen molar-refractivity contribution in [1.82, 2.24) is 9.88 Å². The second-order valence-corrected chi connectivity index (χ2v) is 8.09. The number of carbonyl (C=O) groups is 3. The number of nitrogens with zero attached hydrogens (tertiary/aromatic N) is 1. The van der Waals surface area contributed by atoms with Crippen molar-refractivity contribution >= 4 is 51.5 Å². The van der Waals surface area contributed by atoms with Gasteiger partial charge in [-0.1, -0.05) is 18.2 Å². The van der Waals surface area contributed by atoms with Gasteiger partial charge in [-0.05, 0) is 43.0 Å². The van der Waals surface area contributed by atoms with Crippen molar-refractivity contribution in [2.45, 2.75) is 13.5 Å². The van der Waals surface area contributed by atoms with Crippen LogP contribution >= 0.6 is 11.8 Å². The molecule has 1 aromatic heterocycles. The van der Waals surface area contributed by atoms with Crippen LogP contribution in [0.3, 0.4) is 0 Å². The molecule has 0 unspecified atom stereocenters. The second kappa shape index (κ2) is 7.51. The SMILES string of the molecule is Cc1c(/C=C2\SC(=O)NC2=O)c2ccccc2n1CC(=O)Nc1ccc2c(c1)OCO2. The number of fused-ring (bicyclic) bond motifs is 2. The number of anilines is 1. The molecular formula is C22H17N3O5S. The molecule has 2 aromatic carbocycles. The second-order valence-electron chi connectivity index (χ2n) is 7.07. The number of carbonyl (C=O) groups excluding carboxylic acids is 3. The zero-order valence-corrected chi connectivity index (χ0v) is 17.2. The summed E-state index contributed by atoms with van der Waals surface area (Å²) in [6.07, 6.45) is 1.70. The molecule has 156 valence electrons. The Morgan fingerprint density at radius 2 is 2.00 bits per heavy atom. The molecule has 1 fully saturated rings. The molecule has 2 aliphatic rings. The van der Waals surface area contributed by atoms with E-state index >= 15 is 0 Å². The average Bonchev–Trinajstić information content (AvgIpc) is 3.41. The monoisotopic (exact) mass is 435 g/mol. The molecule has 3 heterocycles. The van der Waals surface area contributed by atoms with Crippen LogP contribution in [-0.4, -0.2) is 28.4 Å². The Balaban J connectivity index is 1.45. The number of imide groups is 1. The van der Waals surface area contributed by atoms with E-state index in [0.717, 1.165) is 33.9 Å². The van der Waals surface area contributed by atoms with Gasteiger partial charge in [0.15, 0.2) is 11.5 Å². The van der Waals surface area contributed by atoms with E-state index < -0.39 is 5.91 Å². The van der Waals surface area contributed by atoms with Crippen LogP contribution < -0.4 is 20.1 Å². The predicted octanol–water partition coefficient (Wildman–Crippen LogP) is 3.64. The van der Waals surface area contributed by atoms with E-state index in [0.29, 0.717) is 22.1 Å². The van der Waals surface area contributed by atoms with E-state index in [1.54, 1.807) is 24.3 Å². The third-order valence-corrected chi connectivity index (χ3v) is 5.97. The number of aromatic nitrogens is 1.